The molecule has 0 aliphatic heterocycles. The third-order valence-corrected chi connectivity index (χ3v) is 2.58. The van der Waals surface area contributed by atoms with Crippen molar-refractivity contribution in [2.24, 2.45) is 0 Å². The smallest absolute Gasteiger partial charge is 0.146 e. The van der Waals surface area contributed by atoms with Gasteiger partial charge in [0.1, 0.15) is 23.3 Å². The van der Waals surface area contributed by atoms with Gasteiger partial charge in [-0.3, -0.25) is 0 Å². The first kappa shape index (κ1) is 12.3. The number of aromatic nitrogens is 2. The molecule has 0 aliphatic rings. The highest BCUT2D eigenvalue weighted by Gasteiger charge is 2.07. The van der Waals surface area contributed by atoms with E-state index in [0.717, 1.165) is 5.56 Å². The highest BCUT2D eigenvalue weighted by atomic mass is 19.1. The van der Waals surface area contributed by atoms with E-state index < -0.39 is 0 Å². The number of benzene rings is 1. The van der Waals surface area contributed by atoms with Gasteiger partial charge in [0.25, 0.3) is 0 Å². The summed E-state index contributed by atoms with van der Waals surface area (Å²) in [5.74, 6) is 1.20. The van der Waals surface area contributed by atoms with Crippen LogP contribution >= 0.6 is 0 Å². The van der Waals surface area contributed by atoms with E-state index in [-0.39, 0.29) is 5.82 Å². The molecule has 0 atom stereocenters. The molecular weight excluding hydrogens is 231 g/mol. The van der Waals surface area contributed by atoms with Gasteiger partial charge in [-0.15, -0.1) is 0 Å². The van der Waals surface area contributed by atoms with Gasteiger partial charge >= 0.3 is 0 Å². The van der Waals surface area contributed by atoms with Crippen molar-refractivity contribution in [1.29, 1.82) is 0 Å². The Labute approximate surface area is 105 Å². The number of anilines is 3. The molecule has 1 aromatic heterocycles. The zero-order valence-electron chi connectivity index (χ0n) is 10.4. The van der Waals surface area contributed by atoms with Crippen LogP contribution in [0, 0.1) is 12.7 Å². The number of hydrogen-bond acceptors (Lipinski definition) is 4. The van der Waals surface area contributed by atoms with E-state index in [9.17, 15) is 4.39 Å². The van der Waals surface area contributed by atoms with Crippen molar-refractivity contribution in [1.82, 2.24) is 9.97 Å². The van der Waals surface area contributed by atoms with Gasteiger partial charge in [0.05, 0.1) is 5.69 Å². The van der Waals surface area contributed by atoms with E-state index in [1.165, 1.54) is 6.07 Å². The molecule has 3 N–H and O–H groups in total. The van der Waals surface area contributed by atoms with Gasteiger partial charge in [-0.2, -0.15) is 0 Å². The highest BCUT2D eigenvalue weighted by molar-refractivity contribution is 5.62. The monoisotopic (exact) mass is 246 g/mol. The van der Waals surface area contributed by atoms with Crippen LogP contribution in [0.3, 0.4) is 0 Å². The molecule has 0 unspecified atom stereocenters. The summed E-state index contributed by atoms with van der Waals surface area (Å²) in [7, 11) is 0. The van der Waals surface area contributed by atoms with Crippen molar-refractivity contribution < 1.29 is 4.39 Å². The maximum absolute atomic E-state index is 13.7. The van der Waals surface area contributed by atoms with E-state index in [1.54, 1.807) is 12.1 Å². The van der Waals surface area contributed by atoms with Gasteiger partial charge in [-0.1, -0.05) is 19.1 Å². The zero-order chi connectivity index (χ0) is 13.1. The van der Waals surface area contributed by atoms with Crippen LogP contribution in [0.15, 0.2) is 24.3 Å². The molecule has 5 heteroatoms. The molecule has 0 aliphatic carbocycles. The molecule has 1 heterocycles. The fourth-order valence-electron chi connectivity index (χ4n) is 1.66. The topological polar surface area (TPSA) is 63.8 Å². The van der Waals surface area contributed by atoms with Crippen molar-refractivity contribution in [2.45, 2.75) is 20.3 Å². The van der Waals surface area contributed by atoms with Crippen molar-refractivity contribution in [3.05, 3.63) is 41.5 Å². The third kappa shape index (κ3) is 2.56. The Hall–Kier alpha value is -2.17. The van der Waals surface area contributed by atoms with Gasteiger partial charge in [-0.25, -0.2) is 14.4 Å². The number of nitrogens with one attached hydrogen (secondary N) is 1. The Morgan fingerprint density at radius 2 is 2.11 bits per heavy atom. The summed E-state index contributed by atoms with van der Waals surface area (Å²) in [6, 6.07) is 6.49. The fraction of sp³-hybridized carbons (Fsp3) is 0.231. The number of hydrogen-bond donors (Lipinski definition) is 2. The van der Waals surface area contributed by atoms with E-state index in [0.29, 0.717) is 29.6 Å². The Balaban J connectivity index is 2.37. The van der Waals surface area contributed by atoms with E-state index in [4.69, 9.17) is 5.73 Å². The van der Waals surface area contributed by atoms with Gasteiger partial charge in [-0.05, 0) is 18.6 Å². The summed E-state index contributed by atoms with van der Waals surface area (Å²) in [6.07, 6.45) is 0.677. The molecular formula is C13H15FN4. The number of halogens is 1. The first-order valence-electron chi connectivity index (χ1n) is 5.75. The maximum atomic E-state index is 13.7. The van der Waals surface area contributed by atoms with Gasteiger partial charge in [0, 0.05) is 12.5 Å². The summed E-state index contributed by atoms with van der Waals surface area (Å²) in [6.45, 7) is 3.77. The van der Waals surface area contributed by atoms with Crippen molar-refractivity contribution in [3.63, 3.8) is 0 Å². The summed E-state index contributed by atoms with van der Waals surface area (Å²) in [4.78, 5) is 8.33. The Morgan fingerprint density at radius 1 is 1.33 bits per heavy atom. The second-order valence-corrected chi connectivity index (χ2v) is 4.00. The fourth-order valence-corrected chi connectivity index (χ4v) is 1.66. The van der Waals surface area contributed by atoms with Crippen molar-refractivity contribution in [2.75, 3.05) is 11.1 Å². The minimum atomic E-state index is -0.315. The normalized spacial score (nSPS) is 10.4. The molecule has 2 rings (SSSR count). The van der Waals surface area contributed by atoms with Gasteiger partial charge < -0.3 is 11.1 Å². The summed E-state index contributed by atoms with van der Waals surface area (Å²) >= 11 is 0. The Bertz CT molecular complexity index is 549. The zero-order valence-corrected chi connectivity index (χ0v) is 10.4. The number of rotatable bonds is 3. The molecule has 0 fully saturated rings. The molecule has 2 aromatic rings. The summed E-state index contributed by atoms with van der Waals surface area (Å²) in [5.41, 5.74) is 6.90. The van der Waals surface area contributed by atoms with Crippen LogP contribution in [0.4, 0.5) is 21.7 Å². The lowest BCUT2D eigenvalue weighted by molar-refractivity contribution is 0.630. The summed E-state index contributed by atoms with van der Waals surface area (Å²) < 4.78 is 13.7. The van der Waals surface area contributed by atoms with E-state index in [2.05, 4.69) is 15.3 Å². The predicted octanol–water partition coefficient (Wildman–Crippen LogP) is 2.81. The van der Waals surface area contributed by atoms with E-state index >= 15 is 0 Å². The number of nitrogens with two attached hydrogens (primary N) is 1. The quantitative estimate of drug-likeness (QED) is 0.874. The van der Waals surface area contributed by atoms with Gasteiger partial charge in [0.15, 0.2) is 0 Å². The number of aryl methyl sites for hydroxylation is 2. The molecule has 4 nitrogen and oxygen atoms in total. The van der Waals surface area contributed by atoms with Crippen LogP contribution < -0.4 is 11.1 Å². The van der Waals surface area contributed by atoms with Crippen LogP contribution in [0.5, 0.6) is 0 Å². The molecule has 94 valence electrons. The van der Waals surface area contributed by atoms with Crippen LogP contribution in [-0.2, 0) is 6.42 Å². The SMILES string of the molecule is CCc1nc(N)cc(Nc2c(C)cccc2F)n1. The largest absolute Gasteiger partial charge is 0.384 e. The maximum Gasteiger partial charge on any atom is 0.146 e. The Kier molecular flexibility index (Phi) is 3.41. The first-order valence-corrected chi connectivity index (χ1v) is 5.75. The Morgan fingerprint density at radius 3 is 2.78 bits per heavy atom. The molecule has 0 radical (unpaired) electrons. The minimum absolute atomic E-state index is 0.315. The molecule has 18 heavy (non-hydrogen) atoms. The van der Waals surface area contributed by atoms with Crippen LogP contribution in [0.2, 0.25) is 0 Å². The van der Waals surface area contributed by atoms with Crippen molar-refractivity contribution in [3.8, 4) is 0 Å². The van der Waals surface area contributed by atoms with Crippen molar-refractivity contribution >= 4 is 17.3 Å². The molecule has 0 bridgehead atoms. The standard InChI is InChI=1S/C13H15FN4/c1-3-11-16-10(15)7-12(17-11)18-13-8(2)5-4-6-9(13)14/h4-7H,3H2,1-2H3,(H3,15,16,17,18). The van der Waals surface area contributed by atoms with Crippen LogP contribution in [-0.4, -0.2) is 9.97 Å². The number of para-hydroxylation sites is 1. The molecule has 1 aromatic carbocycles. The van der Waals surface area contributed by atoms with Crippen LogP contribution in [0.1, 0.15) is 18.3 Å². The molecule has 0 saturated carbocycles. The number of nitrogen functional groups attached to an aromatic ring is 1. The predicted molar refractivity (Wildman–Crippen MR) is 70.2 cm³/mol. The second kappa shape index (κ2) is 5.00. The third-order valence-electron chi connectivity index (χ3n) is 2.58. The molecule has 0 saturated heterocycles. The second-order valence-electron chi connectivity index (χ2n) is 4.00. The molecule has 0 spiro atoms. The highest BCUT2D eigenvalue weighted by Crippen LogP contribution is 2.23. The first-order chi connectivity index (χ1) is 8.60. The van der Waals surface area contributed by atoms with E-state index in [1.807, 2.05) is 19.9 Å². The van der Waals surface area contributed by atoms with Crippen LogP contribution in [0.25, 0.3) is 0 Å². The van der Waals surface area contributed by atoms with Gasteiger partial charge in [0.2, 0.25) is 0 Å². The number of nitrogens with zero attached hydrogens (tertiary/aromatic N) is 2. The minimum Gasteiger partial charge on any atom is -0.384 e. The lowest BCUT2D eigenvalue weighted by Gasteiger charge is -2.11. The average molecular weight is 246 g/mol. The lowest BCUT2D eigenvalue weighted by Crippen LogP contribution is -2.04. The summed E-state index contributed by atoms with van der Waals surface area (Å²) in [5, 5.41) is 2.95. The average Bonchev–Trinajstić information content (AvgIpc) is 2.33. The lowest BCUT2D eigenvalue weighted by atomic mass is 10.2. The molecule has 0 amide bonds.